The van der Waals surface area contributed by atoms with Gasteiger partial charge in [-0.2, -0.15) is 5.10 Å². The molecule has 1 amide bonds. The fourth-order valence-corrected chi connectivity index (χ4v) is 3.95. The number of ether oxygens (including phenoxy) is 1. The monoisotopic (exact) mass is 341 g/mol. The van der Waals surface area contributed by atoms with E-state index >= 15 is 0 Å². The average molecular weight is 341 g/mol. The van der Waals surface area contributed by atoms with Crippen molar-refractivity contribution in [3.63, 3.8) is 0 Å². The van der Waals surface area contributed by atoms with Crippen LogP contribution >= 0.6 is 11.3 Å². The molecule has 3 heterocycles. The third-order valence-electron chi connectivity index (χ3n) is 3.49. The van der Waals surface area contributed by atoms with Gasteiger partial charge in [-0.15, -0.1) is 11.3 Å². The molecule has 3 rings (SSSR count). The highest BCUT2D eigenvalue weighted by Crippen LogP contribution is 2.29. The van der Waals surface area contributed by atoms with Crippen LogP contribution in [0.15, 0.2) is 28.6 Å². The van der Waals surface area contributed by atoms with Crippen LogP contribution in [0.3, 0.4) is 0 Å². The van der Waals surface area contributed by atoms with Crippen LogP contribution in [0.2, 0.25) is 0 Å². The van der Waals surface area contributed by atoms with E-state index in [2.05, 4.69) is 10.2 Å². The largest absolute Gasteiger partial charge is 0.377 e. The van der Waals surface area contributed by atoms with Crippen LogP contribution in [-0.2, 0) is 14.6 Å². The molecule has 1 aliphatic heterocycles. The zero-order valence-electron chi connectivity index (χ0n) is 11.9. The van der Waals surface area contributed by atoms with Gasteiger partial charge in [-0.25, -0.2) is 8.42 Å². The second kappa shape index (κ2) is 5.82. The molecule has 0 unspecified atom stereocenters. The van der Waals surface area contributed by atoms with Crippen LogP contribution in [0.4, 0.5) is 0 Å². The molecule has 22 heavy (non-hydrogen) atoms. The first-order valence-electron chi connectivity index (χ1n) is 6.64. The predicted molar refractivity (Wildman–Crippen MR) is 80.6 cm³/mol. The maximum Gasteiger partial charge on any atom is 0.264 e. The number of carbonyl (C=O) groups excluding carboxylic acids is 1. The SMILES string of the molecule is CS(=O)(=O)c1cn[nH]c1[C@@H]1COCCN1C(=O)c1cccs1. The Bertz CT molecular complexity index is 767. The Labute approximate surface area is 131 Å². The third-order valence-corrected chi connectivity index (χ3v) is 5.47. The van der Waals surface area contributed by atoms with E-state index in [4.69, 9.17) is 4.74 Å². The highest BCUT2D eigenvalue weighted by atomic mass is 32.2. The van der Waals surface area contributed by atoms with Gasteiger partial charge in [0, 0.05) is 12.8 Å². The van der Waals surface area contributed by atoms with E-state index in [0.29, 0.717) is 23.7 Å². The number of aromatic nitrogens is 2. The number of morpholine rings is 1. The summed E-state index contributed by atoms with van der Waals surface area (Å²) < 4.78 is 29.2. The van der Waals surface area contributed by atoms with Crippen molar-refractivity contribution < 1.29 is 17.9 Å². The molecule has 0 aliphatic carbocycles. The molecular weight excluding hydrogens is 326 g/mol. The van der Waals surface area contributed by atoms with Crippen LogP contribution in [-0.4, -0.2) is 55.4 Å². The fraction of sp³-hybridized carbons (Fsp3) is 0.385. The molecule has 0 saturated carbocycles. The fourth-order valence-electron chi connectivity index (χ4n) is 2.45. The summed E-state index contributed by atoms with van der Waals surface area (Å²) in [4.78, 5) is 15.0. The highest BCUT2D eigenvalue weighted by molar-refractivity contribution is 7.90. The minimum atomic E-state index is -3.43. The molecule has 1 fully saturated rings. The molecule has 9 heteroatoms. The van der Waals surface area contributed by atoms with E-state index in [-0.39, 0.29) is 17.4 Å². The first kappa shape index (κ1) is 15.2. The molecule has 7 nitrogen and oxygen atoms in total. The Morgan fingerprint density at radius 1 is 1.55 bits per heavy atom. The minimum Gasteiger partial charge on any atom is -0.377 e. The van der Waals surface area contributed by atoms with Gasteiger partial charge in [0.2, 0.25) is 0 Å². The van der Waals surface area contributed by atoms with Gasteiger partial charge >= 0.3 is 0 Å². The summed E-state index contributed by atoms with van der Waals surface area (Å²) in [5, 5.41) is 8.37. The summed E-state index contributed by atoms with van der Waals surface area (Å²) in [6, 6.07) is 3.07. The summed E-state index contributed by atoms with van der Waals surface area (Å²) in [5.74, 6) is -0.127. The van der Waals surface area contributed by atoms with Crippen LogP contribution in [0, 0.1) is 0 Å². The molecular formula is C13H15N3O4S2. The lowest BCUT2D eigenvalue weighted by atomic mass is 10.1. The van der Waals surface area contributed by atoms with Crippen LogP contribution in [0.5, 0.6) is 0 Å². The molecule has 1 aliphatic rings. The summed E-state index contributed by atoms with van der Waals surface area (Å²) in [7, 11) is -3.43. The van der Waals surface area contributed by atoms with Gasteiger partial charge in [0.1, 0.15) is 4.90 Å². The second-order valence-electron chi connectivity index (χ2n) is 4.99. The van der Waals surface area contributed by atoms with Gasteiger partial charge < -0.3 is 9.64 Å². The number of carbonyl (C=O) groups is 1. The molecule has 0 bridgehead atoms. The van der Waals surface area contributed by atoms with Crippen molar-refractivity contribution in [2.45, 2.75) is 10.9 Å². The normalized spacial score (nSPS) is 19.3. The number of H-pyrrole nitrogens is 1. The zero-order valence-corrected chi connectivity index (χ0v) is 13.5. The van der Waals surface area contributed by atoms with E-state index in [0.717, 1.165) is 6.26 Å². The smallest absolute Gasteiger partial charge is 0.264 e. The summed E-state index contributed by atoms with van der Waals surface area (Å²) in [6.45, 7) is 1.07. The molecule has 2 aromatic heterocycles. The van der Waals surface area contributed by atoms with Crippen LogP contribution in [0.1, 0.15) is 21.4 Å². The molecule has 118 valence electrons. The van der Waals surface area contributed by atoms with Crippen molar-refractivity contribution in [1.29, 1.82) is 0 Å². The molecule has 1 atom stereocenters. The van der Waals surface area contributed by atoms with Crippen molar-refractivity contribution in [3.05, 3.63) is 34.3 Å². The maximum atomic E-state index is 12.6. The summed E-state index contributed by atoms with van der Waals surface area (Å²) in [6.07, 6.45) is 2.39. The molecule has 0 spiro atoms. The van der Waals surface area contributed by atoms with Crippen molar-refractivity contribution in [1.82, 2.24) is 15.1 Å². The van der Waals surface area contributed by atoms with E-state index in [1.807, 2.05) is 11.4 Å². The van der Waals surface area contributed by atoms with Gasteiger partial charge in [0.15, 0.2) is 9.84 Å². The van der Waals surface area contributed by atoms with E-state index in [1.165, 1.54) is 17.5 Å². The average Bonchev–Trinajstić information content (AvgIpc) is 3.17. The van der Waals surface area contributed by atoms with Crippen molar-refractivity contribution in [2.24, 2.45) is 0 Å². The van der Waals surface area contributed by atoms with Crippen molar-refractivity contribution >= 4 is 27.1 Å². The number of hydrogen-bond donors (Lipinski definition) is 1. The standard InChI is InChI=1S/C13H15N3O4S2/c1-22(18,19)11-7-14-15-12(11)9-8-20-5-4-16(9)13(17)10-3-2-6-21-10/h2-3,6-7,9H,4-5,8H2,1H3,(H,14,15)/t9-/m0/s1. The van der Waals surface area contributed by atoms with Gasteiger partial charge in [-0.05, 0) is 11.4 Å². The van der Waals surface area contributed by atoms with E-state index < -0.39 is 15.9 Å². The van der Waals surface area contributed by atoms with Gasteiger partial charge in [0.05, 0.1) is 36.0 Å². The number of hydrogen-bond acceptors (Lipinski definition) is 6. The molecule has 1 N–H and O–H groups in total. The van der Waals surface area contributed by atoms with Crippen LogP contribution in [0.25, 0.3) is 0 Å². The number of nitrogens with one attached hydrogen (secondary N) is 1. The highest BCUT2D eigenvalue weighted by Gasteiger charge is 2.34. The Balaban J connectivity index is 1.97. The molecule has 2 aromatic rings. The number of amides is 1. The number of sulfone groups is 1. The Hall–Kier alpha value is -1.71. The first-order valence-corrected chi connectivity index (χ1v) is 9.41. The quantitative estimate of drug-likeness (QED) is 0.902. The number of nitrogens with zero attached hydrogens (tertiary/aromatic N) is 2. The minimum absolute atomic E-state index is 0.104. The molecule has 1 saturated heterocycles. The number of rotatable bonds is 3. The lowest BCUT2D eigenvalue weighted by Crippen LogP contribution is -2.43. The Kier molecular flexibility index (Phi) is 4.02. The lowest BCUT2D eigenvalue weighted by Gasteiger charge is -2.35. The van der Waals surface area contributed by atoms with E-state index in [1.54, 1.807) is 11.0 Å². The van der Waals surface area contributed by atoms with Gasteiger partial charge in [-0.3, -0.25) is 9.89 Å². The van der Waals surface area contributed by atoms with Crippen LogP contribution < -0.4 is 0 Å². The van der Waals surface area contributed by atoms with Crippen molar-refractivity contribution in [3.8, 4) is 0 Å². The van der Waals surface area contributed by atoms with E-state index in [9.17, 15) is 13.2 Å². The summed E-state index contributed by atoms with van der Waals surface area (Å²) >= 11 is 1.36. The molecule has 0 radical (unpaired) electrons. The Morgan fingerprint density at radius 3 is 3.05 bits per heavy atom. The topological polar surface area (TPSA) is 92.4 Å². The number of thiophene rings is 1. The number of aromatic amines is 1. The second-order valence-corrected chi connectivity index (χ2v) is 7.92. The summed E-state index contributed by atoms with van der Waals surface area (Å²) in [5.41, 5.74) is 0.395. The predicted octanol–water partition coefficient (Wildman–Crippen LogP) is 1.09. The first-order chi connectivity index (χ1) is 10.5. The maximum absolute atomic E-state index is 12.6. The zero-order chi connectivity index (χ0) is 15.7. The van der Waals surface area contributed by atoms with Crippen molar-refractivity contribution in [2.75, 3.05) is 26.0 Å². The van der Waals surface area contributed by atoms with Gasteiger partial charge in [-0.1, -0.05) is 6.07 Å². The lowest BCUT2D eigenvalue weighted by molar-refractivity contribution is -0.00442. The van der Waals surface area contributed by atoms with Gasteiger partial charge in [0.25, 0.3) is 5.91 Å². The Morgan fingerprint density at radius 2 is 2.36 bits per heavy atom. The molecule has 0 aromatic carbocycles. The third kappa shape index (κ3) is 2.79.